The maximum Gasteiger partial charge on any atom is 0.222 e. The molecule has 0 unspecified atom stereocenters. The molecule has 6 heteroatoms. The van der Waals surface area contributed by atoms with Gasteiger partial charge in [0.1, 0.15) is 6.33 Å². The van der Waals surface area contributed by atoms with E-state index in [0.29, 0.717) is 0 Å². The van der Waals surface area contributed by atoms with Crippen LogP contribution in [0.3, 0.4) is 0 Å². The molecule has 116 valence electrons. The zero-order chi connectivity index (χ0) is 15.8. The Balaban J connectivity index is 1.75. The minimum absolute atomic E-state index is 0.0446. The van der Waals surface area contributed by atoms with Crippen LogP contribution in [0.2, 0.25) is 10.0 Å². The average molecular weight is 345 g/mol. The predicted octanol–water partition coefficient (Wildman–Crippen LogP) is 4.73. The Morgan fingerprint density at radius 2 is 1.83 bits per heavy atom. The summed E-state index contributed by atoms with van der Waals surface area (Å²) >= 11 is 12.4. The van der Waals surface area contributed by atoms with Crippen molar-refractivity contribution in [3.63, 3.8) is 0 Å². The second-order valence-electron chi connectivity index (χ2n) is 5.55. The first-order valence-electron chi connectivity index (χ1n) is 7.38. The lowest BCUT2D eigenvalue weighted by Gasteiger charge is -2.32. The topological polar surface area (TPSA) is 42.7 Å². The molecule has 0 bridgehead atoms. The number of halogens is 2. The first-order chi connectivity index (χ1) is 11.2. The number of nitrogens with zero attached hydrogens (tertiary/aromatic N) is 3. The Labute approximate surface area is 144 Å². The second kappa shape index (κ2) is 5.87. The molecule has 0 amide bonds. The van der Waals surface area contributed by atoms with Gasteiger partial charge in [0.05, 0.1) is 12.1 Å². The fourth-order valence-corrected chi connectivity index (χ4v) is 3.43. The standard InChI is InChI=1S/C17H14Cl2N4/c18-12-7-5-11(6-8-12)15-9-16(13-3-1-2-4-14(13)19)23-17(22-15)20-10-21-23/h1-8,10,15-16H,9H2,(H,20,21,22)/t15-,16+/m0/s1. The largest absolute Gasteiger partial charge is 0.348 e. The lowest BCUT2D eigenvalue weighted by Crippen LogP contribution is -2.28. The second-order valence-corrected chi connectivity index (χ2v) is 6.39. The van der Waals surface area contributed by atoms with E-state index in [9.17, 15) is 0 Å². The molecule has 0 fully saturated rings. The molecule has 0 spiro atoms. The van der Waals surface area contributed by atoms with Crippen molar-refractivity contribution in [2.75, 3.05) is 5.32 Å². The average Bonchev–Trinajstić information content (AvgIpc) is 3.04. The van der Waals surface area contributed by atoms with Gasteiger partial charge in [0.2, 0.25) is 5.95 Å². The number of hydrogen-bond acceptors (Lipinski definition) is 3. The third-order valence-corrected chi connectivity index (χ3v) is 4.76. The summed E-state index contributed by atoms with van der Waals surface area (Å²) in [4.78, 5) is 4.33. The summed E-state index contributed by atoms with van der Waals surface area (Å²) < 4.78 is 1.90. The van der Waals surface area contributed by atoms with Gasteiger partial charge in [-0.3, -0.25) is 0 Å². The fraction of sp³-hybridized carbons (Fsp3) is 0.176. The summed E-state index contributed by atoms with van der Waals surface area (Å²) in [5.74, 6) is 0.751. The molecule has 3 aromatic rings. The molecule has 4 nitrogen and oxygen atoms in total. The lowest BCUT2D eigenvalue weighted by atomic mass is 9.93. The highest BCUT2D eigenvalue weighted by molar-refractivity contribution is 6.31. The molecule has 2 atom stereocenters. The number of anilines is 1. The third-order valence-electron chi connectivity index (χ3n) is 4.17. The summed E-state index contributed by atoms with van der Waals surface area (Å²) in [5, 5.41) is 9.27. The van der Waals surface area contributed by atoms with Crippen LogP contribution in [0.25, 0.3) is 0 Å². The summed E-state index contributed by atoms with van der Waals surface area (Å²) in [5.41, 5.74) is 2.22. The molecular formula is C17H14Cl2N4. The van der Waals surface area contributed by atoms with Crippen molar-refractivity contribution < 1.29 is 0 Å². The van der Waals surface area contributed by atoms with Crippen LogP contribution in [0.4, 0.5) is 5.95 Å². The van der Waals surface area contributed by atoms with Crippen LogP contribution in [-0.2, 0) is 0 Å². The Morgan fingerprint density at radius 3 is 2.61 bits per heavy atom. The van der Waals surface area contributed by atoms with Gasteiger partial charge in [-0.15, -0.1) is 0 Å². The van der Waals surface area contributed by atoms with Gasteiger partial charge >= 0.3 is 0 Å². The summed E-state index contributed by atoms with van der Waals surface area (Å²) in [6.45, 7) is 0. The van der Waals surface area contributed by atoms with Gasteiger partial charge < -0.3 is 5.32 Å². The van der Waals surface area contributed by atoms with Crippen molar-refractivity contribution in [2.45, 2.75) is 18.5 Å². The molecule has 4 rings (SSSR count). The number of fused-ring (bicyclic) bond motifs is 1. The minimum atomic E-state index is 0.0446. The Kier molecular flexibility index (Phi) is 3.71. The van der Waals surface area contributed by atoms with Crippen molar-refractivity contribution in [2.24, 2.45) is 0 Å². The Morgan fingerprint density at radius 1 is 1.04 bits per heavy atom. The normalized spacial score (nSPS) is 19.9. The molecule has 1 N–H and O–H groups in total. The maximum absolute atomic E-state index is 6.41. The molecular weight excluding hydrogens is 331 g/mol. The van der Waals surface area contributed by atoms with Crippen LogP contribution >= 0.6 is 23.2 Å². The summed E-state index contributed by atoms with van der Waals surface area (Å²) in [7, 11) is 0. The molecule has 1 aliphatic rings. The van der Waals surface area contributed by atoms with Crippen LogP contribution < -0.4 is 5.32 Å². The van der Waals surface area contributed by atoms with E-state index < -0.39 is 0 Å². The van der Waals surface area contributed by atoms with Gasteiger partial charge in [-0.1, -0.05) is 53.5 Å². The number of aromatic nitrogens is 3. The van der Waals surface area contributed by atoms with Gasteiger partial charge in [0.25, 0.3) is 0 Å². The quantitative estimate of drug-likeness (QED) is 0.730. The number of rotatable bonds is 2. The van der Waals surface area contributed by atoms with Crippen LogP contribution in [0, 0.1) is 0 Å². The van der Waals surface area contributed by atoms with Gasteiger partial charge in [-0.05, 0) is 35.7 Å². The highest BCUT2D eigenvalue weighted by Crippen LogP contribution is 2.39. The monoisotopic (exact) mass is 344 g/mol. The molecule has 1 aromatic heterocycles. The zero-order valence-electron chi connectivity index (χ0n) is 12.2. The number of hydrogen-bond donors (Lipinski definition) is 1. The van der Waals surface area contributed by atoms with Crippen LogP contribution in [-0.4, -0.2) is 14.8 Å². The number of nitrogens with one attached hydrogen (secondary N) is 1. The van der Waals surface area contributed by atoms with Crippen molar-refractivity contribution in [1.82, 2.24) is 14.8 Å². The van der Waals surface area contributed by atoms with E-state index in [0.717, 1.165) is 28.0 Å². The van der Waals surface area contributed by atoms with E-state index in [-0.39, 0.29) is 12.1 Å². The predicted molar refractivity (Wildman–Crippen MR) is 92.0 cm³/mol. The minimum Gasteiger partial charge on any atom is -0.348 e. The molecule has 2 heterocycles. The smallest absolute Gasteiger partial charge is 0.222 e. The van der Waals surface area contributed by atoms with E-state index in [1.165, 1.54) is 5.56 Å². The summed E-state index contributed by atoms with van der Waals surface area (Å²) in [6, 6.07) is 15.9. The van der Waals surface area contributed by atoms with E-state index >= 15 is 0 Å². The van der Waals surface area contributed by atoms with E-state index in [1.807, 2.05) is 53.2 Å². The first kappa shape index (κ1) is 14.5. The Hall–Kier alpha value is -2.04. The van der Waals surface area contributed by atoms with Crippen LogP contribution in [0.15, 0.2) is 54.9 Å². The van der Waals surface area contributed by atoms with Crippen LogP contribution in [0.5, 0.6) is 0 Å². The molecule has 2 aromatic carbocycles. The van der Waals surface area contributed by atoms with Gasteiger partial charge in [-0.25, -0.2) is 4.68 Å². The molecule has 0 saturated carbocycles. The SMILES string of the molecule is Clc1ccc([C@@H]2C[C@H](c3ccccc3Cl)n3ncnc3N2)cc1. The van der Waals surface area contributed by atoms with Crippen LogP contribution in [0.1, 0.15) is 29.6 Å². The Bertz CT molecular complexity index is 829. The number of benzene rings is 2. The maximum atomic E-state index is 6.41. The molecule has 0 saturated heterocycles. The van der Waals surface area contributed by atoms with Gasteiger partial charge in [0.15, 0.2) is 0 Å². The van der Waals surface area contributed by atoms with Crippen molar-refractivity contribution in [3.05, 3.63) is 76.0 Å². The highest BCUT2D eigenvalue weighted by Gasteiger charge is 2.30. The van der Waals surface area contributed by atoms with Crippen molar-refractivity contribution in [1.29, 1.82) is 0 Å². The van der Waals surface area contributed by atoms with Gasteiger partial charge in [0, 0.05) is 10.0 Å². The van der Waals surface area contributed by atoms with E-state index in [4.69, 9.17) is 23.2 Å². The van der Waals surface area contributed by atoms with E-state index in [2.05, 4.69) is 15.4 Å². The van der Waals surface area contributed by atoms with Crippen molar-refractivity contribution in [3.8, 4) is 0 Å². The first-order valence-corrected chi connectivity index (χ1v) is 8.14. The molecule has 0 aliphatic carbocycles. The fourth-order valence-electron chi connectivity index (χ4n) is 3.04. The summed E-state index contributed by atoms with van der Waals surface area (Å²) in [6.07, 6.45) is 2.40. The van der Waals surface area contributed by atoms with Gasteiger partial charge in [-0.2, -0.15) is 10.1 Å². The van der Waals surface area contributed by atoms with E-state index in [1.54, 1.807) is 6.33 Å². The lowest BCUT2D eigenvalue weighted by molar-refractivity contribution is 0.431. The molecule has 23 heavy (non-hydrogen) atoms. The molecule has 1 aliphatic heterocycles. The highest BCUT2D eigenvalue weighted by atomic mass is 35.5. The zero-order valence-corrected chi connectivity index (χ0v) is 13.7. The van der Waals surface area contributed by atoms with Crippen molar-refractivity contribution >= 4 is 29.2 Å². The molecule has 0 radical (unpaired) electrons. The third kappa shape index (κ3) is 2.69.